The summed E-state index contributed by atoms with van der Waals surface area (Å²) in [6, 6.07) is 5.19. The molecule has 7 nitrogen and oxygen atoms in total. The molecule has 1 aromatic rings. The van der Waals surface area contributed by atoms with Gasteiger partial charge in [-0.1, -0.05) is 0 Å². The van der Waals surface area contributed by atoms with E-state index in [0.717, 1.165) is 0 Å². The summed E-state index contributed by atoms with van der Waals surface area (Å²) in [4.78, 5) is 27.3. The topological polar surface area (TPSA) is 71.1 Å². The fourth-order valence-electron chi connectivity index (χ4n) is 2.25. The van der Waals surface area contributed by atoms with Crippen LogP contribution in [0.3, 0.4) is 0 Å². The van der Waals surface area contributed by atoms with E-state index in [-0.39, 0.29) is 24.9 Å². The summed E-state index contributed by atoms with van der Waals surface area (Å²) in [5.41, 5.74) is 0.548. The Morgan fingerprint density at radius 2 is 2.05 bits per heavy atom. The third kappa shape index (κ3) is 3.88. The maximum absolute atomic E-state index is 12.2. The summed E-state index contributed by atoms with van der Waals surface area (Å²) in [6.07, 6.45) is 0. The van der Waals surface area contributed by atoms with Crippen LogP contribution in [0.2, 0.25) is 0 Å². The highest BCUT2D eigenvalue weighted by Gasteiger charge is 2.22. The van der Waals surface area contributed by atoms with Gasteiger partial charge in [0.05, 0.1) is 33.0 Å². The summed E-state index contributed by atoms with van der Waals surface area (Å²) < 4.78 is 10.4. The quantitative estimate of drug-likeness (QED) is 0.853. The van der Waals surface area contributed by atoms with Gasteiger partial charge in [0.1, 0.15) is 11.5 Å². The molecule has 2 amide bonds. The molecule has 0 aliphatic carbocycles. The Morgan fingerprint density at radius 3 is 2.68 bits per heavy atom. The van der Waals surface area contributed by atoms with E-state index in [2.05, 4.69) is 5.32 Å². The molecule has 1 fully saturated rings. The molecule has 1 saturated heterocycles. The van der Waals surface area contributed by atoms with Crippen molar-refractivity contribution in [3.05, 3.63) is 18.2 Å². The fraction of sp³-hybridized carbons (Fsp3) is 0.467. The van der Waals surface area contributed by atoms with Crippen LogP contribution in [0.15, 0.2) is 18.2 Å². The molecule has 1 aromatic carbocycles. The second kappa shape index (κ2) is 7.13. The maximum atomic E-state index is 12.2. The lowest BCUT2D eigenvalue weighted by Gasteiger charge is -2.31. The molecule has 120 valence electrons. The summed E-state index contributed by atoms with van der Waals surface area (Å²) in [5.74, 6) is 1.02. The van der Waals surface area contributed by atoms with Crippen LogP contribution in [0.25, 0.3) is 0 Å². The minimum absolute atomic E-state index is 0.0259. The number of nitrogens with zero attached hydrogens (tertiary/aromatic N) is 2. The number of benzene rings is 1. The largest absolute Gasteiger partial charge is 0.497 e. The Hall–Kier alpha value is -2.28. The van der Waals surface area contributed by atoms with Gasteiger partial charge in [-0.2, -0.15) is 0 Å². The Labute approximate surface area is 129 Å². The van der Waals surface area contributed by atoms with Gasteiger partial charge in [-0.15, -0.1) is 0 Å². The van der Waals surface area contributed by atoms with E-state index >= 15 is 0 Å². The number of carbonyl (C=O) groups excluding carboxylic acids is 2. The van der Waals surface area contributed by atoms with Gasteiger partial charge in [-0.05, 0) is 12.1 Å². The van der Waals surface area contributed by atoms with Gasteiger partial charge in [0.25, 0.3) is 0 Å². The van der Waals surface area contributed by atoms with Crippen molar-refractivity contribution < 1.29 is 19.1 Å². The van der Waals surface area contributed by atoms with E-state index in [9.17, 15) is 9.59 Å². The average molecular weight is 307 g/mol. The Bertz CT molecular complexity index is 562. The van der Waals surface area contributed by atoms with E-state index in [1.165, 1.54) is 7.11 Å². The van der Waals surface area contributed by atoms with Crippen LogP contribution in [0.5, 0.6) is 11.5 Å². The number of carbonyl (C=O) groups is 2. The molecule has 0 unspecified atom stereocenters. The third-order valence-corrected chi connectivity index (χ3v) is 3.58. The number of rotatable bonds is 5. The lowest BCUT2D eigenvalue weighted by atomic mass is 10.2. The third-order valence-electron chi connectivity index (χ3n) is 3.58. The van der Waals surface area contributed by atoms with Crippen LogP contribution in [0.1, 0.15) is 0 Å². The number of ether oxygens (including phenoxy) is 2. The molecule has 7 heteroatoms. The number of nitrogens with one attached hydrogen (secondary N) is 1. The standard InChI is InChI=1S/C15H21N3O4/c1-17-6-7-18(10-15(17)20)9-14(19)16-12-8-11(21-2)4-5-13(12)22-3/h4-5,8H,6-7,9-10H2,1-3H3,(H,16,19). The molecule has 22 heavy (non-hydrogen) atoms. The predicted molar refractivity (Wildman–Crippen MR) is 82.3 cm³/mol. The van der Waals surface area contributed by atoms with Gasteiger partial charge in [0.15, 0.2) is 0 Å². The molecule has 2 rings (SSSR count). The van der Waals surface area contributed by atoms with Gasteiger partial charge in [0, 0.05) is 26.2 Å². The second-order valence-electron chi connectivity index (χ2n) is 5.14. The number of amides is 2. The molecule has 1 aliphatic heterocycles. The van der Waals surface area contributed by atoms with Crippen molar-refractivity contribution in [2.75, 3.05) is 52.8 Å². The van der Waals surface area contributed by atoms with Crippen LogP contribution in [0, 0.1) is 0 Å². The van der Waals surface area contributed by atoms with Gasteiger partial charge >= 0.3 is 0 Å². The summed E-state index contributed by atoms with van der Waals surface area (Å²) in [7, 11) is 4.86. The van der Waals surface area contributed by atoms with Crippen molar-refractivity contribution in [2.24, 2.45) is 0 Å². The first-order valence-electron chi connectivity index (χ1n) is 7.01. The average Bonchev–Trinajstić information content (AvgIpc) is 2.50. The minimum Gasteiger partial charge on any atom is -0.497 e. The van der Waals surface area contributed by atoms with Crippen LogP contribution >= 0.6 is 0 Å². The van der Waals surface area contributed by atoms with Crippen molar-refractivity contribution in [1.82, 2.24) is 9.80 Å². The highest BCUT2D eigenvalue weighted by molar-refractivity contribution is 5.94. The van der Waals surface area contributed by atoms with Crippen LogP contribution < -0.4 is 14.8 Å². The molecule has 0 radical (unpaired) electrons. The zero-order valence-corrected chi connectivity index (χ0v) is 13.1. The van der Waals surface area contributed by atoms with Crippen molar-refractivity contribution >= 4 is 17.5 Å². The number of anilines is 1. The summed E-state index contributed by atoms with van der Waals surface area (Å²) in [6.45, 7) is 1.75. The van der Waals surface area contributed by atoms with E-state index in [4.69, 9.17) is 9.47 Å². The molecular formula is C15H21N3O4. The first-order valence-corrected chi connectivity index (χ1v) is 7.01. The highest BCUT2D eigenvalue weighted by Crippen LogP contribution is 2.28. The first-order chi connectivity index (χ1) is 10.5. The molecule has 0 bridgehead atoms. The van der Waals surface area contributed by atoms with Crippen molar-refractivity contribution in [3.8, 4) is 11.5 Å². The monoisotopic (exact) mass is 307 g/mol. The number of piperazine rings is 1. The van der Waals surface area contributed by atoms with E-state index in [1.807, 2.05) is 4.90 Å². The van der Waals surface area contributed by atoms with Crippen LogP contribution in [-0.2, 0) is 9.59 Å². The van der Waals surface area contributed by atoms with E-state index in [0.29, 0.717) is 30.3 Å². The lowest BCUT2D eigenvalue weighted by molar-refractivity contribution is -0.135. The van der Waals surface area contributed by atoms with E-state index < -0.39 is 0 Å². The number of hydrogen-bond acceptors (Lipinski definition) is 5. The first kappa shape index (κ1) is 16.1. The maximum Gasteiger partial charge on any atom is 0.238 e. The van der Waals surface area contributed by atoms with Gasteiger partial charge in [0.2, 0.25) is 11.8 Å². The lowest BCUT2D eigenvalue weighted by Crippen LogP contribution is -2.50. The zero-order valence-electron chi connectivity index (χ0n) is 13.1. The number of hydrogen-bond donors (Lipinski definition) is 1. The minimum atomic E-state index is -0.191. The number of methoxy groups -OCH3 is 2. The highest BCUT2D eigenvalue weighted by atomic mass is 16.5. The molecule has 0 atom stereocenters. The van der Waals surface area contributed by atoms with Crippen molar-refractivity contribution in [2.45, 2.75) is 0 Å². The predicted octanol–water partition coefficient (Wildman–Crippen LogP) is 0.416. The molecule has 0 aromatic heterocycles. The smallest absolute Gasteiger partial charge is 0.238 e. The van der Waals surface area contributed by atoms with Gasteiger partial charge < -0.3 is 19.7 Å². The molecule has 1 N–H and O–H groups in total. The van der Waals surface area contributed by atoms with E-state index in [1.54, 1.807) is 37.3 Å². The summed E-state index contributed by atoms with van der Waals surface area (Å²) in [5, 5.41) is 2.80. The van der Waals surface area contributed by atoms with Gasteiger partial charge in [-0.3, -0.25) is 14.5 Å². The normalized spacial score (nSPS) is 15.6. The summed E-state index contributed by atoms with van der Waals surface area (Å²) >= 11 is 0. The Morgan fingerprint density at radius 1 is 1.27 bits per heavy atom. The second-order valence-corrected chi connectivity index (χ2v) is 5.14. The molecule has 0 saturated carbocycles. The SMILES string of the molecule is COc1ccc(OC)c(NC(=O)CN2CCN(C)C(=O)C2)c1. The van der Waals surface area contributed by atoms with Crippen molar-refractivity contribution in [3.63, 3.8) is 0 Å². The van der Waals surface area contributed by atoms with Crippen molar-refractivity contribution in [1.29, 1.82) is 0 Å². The molecule has 1 aliphatic rings. The zero-order chi connectivity index (χ0) is 16.1. The Balaban J connectivity index is 1.98. The molecule has 0 spiro atoms. The number of likely N-dealkylation sites (N-methyl/N-ethyl adjacent to an activating group) is 1. The fourth-order valence-corrected chi connectivity index (χ4v) is 2.25. The molecule has 1 heterocycles. The molecular weight excluding hydrogens is 286 g/mol. The Kier molecular flexibility index (Phi) is 5.21. The van der Waals surface area contributed by atoms with Crippen LogP contribution in [-0.4, -0.2) is 69.1 Å². The van der Waals surface area contributed by atoms with Gasteiger partial charge in [-0.25, -0.2) is 0 Å². The van der Waals surface area contributed by atoms with Crippen LogP contribution in [0.4, 0.5) is 5.69 Å².